The van der Waals surface area contributed by atoms with Crippen LogP contribution in [0.2, 0.25) is 5.02 Å². The summed E-state index contributed by atoms with van der Waals surface area (Å²) < 4.78 is 0. The van der Waals surface area contributed by atoms with Crippen LogP contribution in [-0.2, 0) is 6.42 Å². The fraction of sp³-hybridized carbons (Fsp3) is 0.600. The summed E-state index contributed by atoms with van der Waals surface area (Å²) in [5.41, 5.74) is 7.05. The molecule has 0 aliphatic carbocycles. The van der Waals surface area contributed by atoms with E-state index >= 15 is 0 Å². The monoisotopic (exact) mass is 406 g/mol. The molecule has 2 aliphatic heterocycles. The van der Waals surface area contributed by atoms with Crippen molar-refractivity contribution in [3.8, 4) is 0 Å². The molecule has 0 amide bonds. The molecule has 2 aliphatic rings. The zero-order chi connectivity index (χ0) is 19.9. The van der Waals surface area contributed by atoms with Crippen LogP contribution in [0, 0.1) is 0 Å². The number of nitrogens with two attached hydrogens (primary N) is 1. The lowest BCUT2D eigenvalue weighted by atomic mass is 9.91. The molecule has 0 bridgehead atoms. The van der Waals surface area contributed by atoms with Crippen molar-refractivity contribution in [2.24, 2.45) is 0 Å². The molecule has 0 saturated carbocycles. The van der Waals surface area contributed by atoms with Crippen molar-refractivity contribution in [3.63, 3.8) is 0 Å². The summed E-state index contributed by atoms with van der Waals surface area (Å²) in [6, 6.07) is 9.65. The summed E-state index contributed by atoms with van der Waals surface area (Å²) in [6.07, 6.45) is 7.38. The van der Waals surface area contributed by atoms with E-state index in [-0.39, 0.29) is 0 Å². The van der Waals surface area contributed by atoms with E-state index in [4.69, 9.17) is 22.4 Å². The first-order chi connectivity index (χ1) is 13.7. The summed E-state index contributed by atoms with van der Waals surface area (Å²) in [7, 11) is 1.00. The van der Waals surface area contributed by atoms with Crippen LogP contribution in [0.25, 0.3) is 0 Å². The van der Waals surface area contributed by atoms with E-state index < -0.39 is 0 Å². The minimum absolute atomic E-state index is 0.390. The highest BCUT2D eigenvalue weighted by atomic mass is 35.5. The van der Waals surface area contributed by atoms with Gasteiger partial charge in [0, 0.05) is 37.3 Å². The molecule has 1 atom stereocenters. The summed E-state index contributed by atoms with van der Waals surface area (Å²) in [6.45, 7) is 3.20. The first-order valence-corrected chi connectivity index (χ1v) is 10.4. The number of aromatic amines is 1. The largest absolute Gasteiger partial charge is 0.400 e. The maximum absolute atomic E-state index is 7.00. The van der Waals surface area contributed by atoms with E-state index in [1.807, 2.05) is 12.1 Å². The van der Waals surface area contributed by atoms with Gasteiger partial charge in [0.1, 0.15) is 0 Å². The number of nitrogens with one attached hydrogen (secondary N) is 1. The average Bonchev–Trinajstić information content (AvgIpc) is 3.18. The normalized spacial score (nSPS) is 21.2. The number of likely N-dealkylation sites (tertiary alicyclic amines) is 1. The number of aliphatic hydroxyl groups is 1. The fourth-order valence-electron chi connectivity index (χ4n) is 4.42. The Morgan fingerprint density at radius 2 is 1.82 bits per heavy atom. The van der Waals surface area contributed by atoms with Gasteiger partial charge in [-0.3, -0.25) is 4.90 Å². The molecule has 0 radical (unpaired) electrons. The number of rotatable bonds is 4. The van der Waals surface area contributed by atoms with Crippen molar-refractivity contribution in [1.82, 2.24) is 20.1 Å². The second-order valence-electron chi connectivity index (χ2n) is 7.46. The third-order valence-corrected chi connectivity index (χ3v) is 6.02. The number of piperidine rings is 2. The van der Waals surface area contributed by atoms with E-state index in [2.05, 4.69) is 37.1 Å². The van der Waals surface area contributed by atoms with Crippen LogP contribution in [0.3, 0.4) is 0 Å². The van der Waals surface area contributed by atoms with Gasteiger partial charge in [-0.1, -0.05) is 30.2 Å². The summed E-state index contributed by atoms with van der Waals surface area (Å²) in [5, 5.41) is 14.7. The van der Waals surface area contributed by atoms with Crippen LogP contribution in [0.1, 0.15) is 37.7 Å². The summed E-state index contributed by atoms with van der Waals surface area (Å²) in [5.74, 6) is 1.12. The maximum atomic E-state index is 7.00. The number of hydrogen-bond donors (Lipinski definition) is 3. The lowest BCUT2D eigenvalue weighted by Gasteiger charge is -2.44. The number of anilines is 2. The lowest BCUT2D eigenvalue weighted by molar-refractivity contribution is 0.0797. The second-order valence-corrected chi connectivity index (χ2v) is 7.89. The summed E-state index contributed by atoms with van der Waals surface area (Å²) >= 11 is 6.04. The second kappa shape index (κ2) is 10.1. The number of aliphatic hydroxyl groups excluding tert-OH is 1. The molecule has 154 valence electrons. The van der Waals surface area contributed by atoms with Gasteiger partial charge in [-0.15, -0.1) is 5.10 Å². The molecule has 4 rings (SSSR count). The number of aromatic nitrogens is 3. The highest BCUT2D eigenvalue weighted by molar-refractivity contribution is 6.30. The van der Waals surface area contributed by atoms with E-state index in [1.54, 1.807) is 0 Å². The number of nitrogens with zero attached hydrogens (tertiary/aromatic N) is 4. The molecule has 8 heteroatoms. The van der Waals surface area contributed by atoms with Crippen LogP contribution in [-0.4, -0.2) is 64.0 Å². The van der Waals surface area contributed by atoms with Gasteiger partial charge in [0.25, 0.3) is 0 Å². The summed E-state index contributed by atoms with van der Waals surface area (Å²) in [4.78, 5) is 9.27. The Hall–Kier alpha value is -1.83. The van der Waals surface area contributed by atoms with Crippen LogP contribution in [0.4, 0.5) is 11.9 Å². The molecule has 7 nitrogen and oxygen atoms in total. The Morgan fingerprint density at radius 3 is 2.46 bits per heavy atom. The van der Waals surface area contributed by atoms with Gasteiger partial charge in [-0.25, -0.2) is 5.10 Å². The SMILES string of the molecule is CO.Nc1nc(N2CCC(N3CCCC[C@@H]3Cc3ccc(Cl)cc3)CC2)n[nH]1. The Labute approximate surface area is 171 Å². The Morgan fingerprint density at radius 1 is 1.11 bits per heavy atom. The van der Waals surface area contributed by atoms with Crippen LogP contribution in [0.5, 0.6) is 0 Å². The number of nitrogen functional groups attached to an aromatic ring is 1. The van der Waals surface area contributed by atoms with Gasteiger partial charge in [-0.05, 0) is 56.3 Å². The Balaban J connectivity index is 0.00000109. The first-order valence-electron chi connectivity index (χ1n) is 10.1. The van der Waals surface area contributed by atoms with Crippen molar-refractivity contribution in [3.05, 3.63) is 34.9 Å². The zero-order valence-corrected chi connectivity index (χ0v) is 17.3. The molecule has 2 aromatic rings. The zero-order valence-electron chi connectivity index (χ0n) is 16.5. The molecule has 1 aromatic carbocycles. The van der Waals surface area contributed by atoms with E-state index in [1.165, 1.54) is 31.4 Å². The smallest absolute Gasteiger partial charge is 0.246 e. The molecular weight excluding hydrogens is 376 g/mol. The van der Waals surface area contributed by atoms with Crippen LogP contribution >= 0.6 is 11.6 Å². The van der Waals surface area contributed by atoms with Crippen molar-refractivity contribution < 1.29 is 5.11 Å². The minimum atomic E-state index is 0.390. The highest BCUT2D eigenvalue weighted by Gasteiger charge is 2.32. The van der Waals surface area contributed by atoms with Crippen molar-refractivity contribution >= 4 is 23.5 Å². The highest BCUT2D eigenvalue weighted by Crippen LogP contribution is 2.28. The standard InChI is InChI=1S/C19H27ClN6.CH4O/c20-15-6-4-14(5-7-15)13-17-3-1-2-10-26(17)16-8-11-25(12-9-16)19-22-18(21)23-24-19;1-2/h4-7,16-17H,1-3,8-13H2,(H3,21,22,23,24);2H,1H3/t17-;/m1./s1. The van der Waals surface area contributed by atoms with E-state index in [0.717, 1.165) is 50.4 Å². The molecule has 28 heavy (non-hydrogen) atoms. The lowest BCUT2D eigenvalue weighted by Crippen LogP contribution is -2.51. The minimum Gasteiger partial charge on any atom is -0.400 e. The molecule has 1 aromatic heterocycles. The average molecular weight is 407 g/mol. The topological polar surface area (TPSA) is 94.3 Å². The number of H-pyrrole nitrogens is 1. The Bertz CT molecular complexity index is 714. The van der Waals surface area contributed by atoms with Crippen molar-refractivity contribution in [2.45, 2.75) is 50.6 Å². The first kappa shape index (κ1) is 20.9. The molecule has 3 heterocycles. The molecule has 0 unspecified atom stereocenters. The van der Waals surface area contributed by atoms with Gasteiger partial charge in [0.15, 0.2) is 0 Å². The van der Waals surface area contributed by atoms with Gasteiger partial charge in [0.05, 0.1) is 0 Å². The maximum Gasteiger partial charge on any atom is 0.246 e. The predicted octanol–water partition coefficient (Wildman–Crippen LogP) is 2.71. The molecule has 2 saturated heterocycles. The van der Waals surface area contributed by atoms with Gasteiger partial charge >= 0.3 is 0 Å². The van der Waals surface area contributed by atoms with Crippen molar-refractivity contribution in [1.29, 1.82) is 0 Å². The number of hydrogen-bond acceptors (Lipinski definition) is 6. The van der Waals surface area contributed by atoms with Gasteiger partial charge < -0.3 is 15.7 Å². The molecule has 0 spiro atoms. The van der Waals surface area contributed by atoms with Crippen molar-refractivity contribution in [2.75, 3.05) is 37.4 Å². The molecule has 2 fully saturated rings. The quantitative estimate of drug-likeness (QED) is 0.722. The van der Waals surface area contributed by atoms with E-state index in [9.17, 15) is 0 Å². The fourth-order valence-corrected chi connectivity index (χ4v) is 4.55. The van der Waals surface area contributed by atoms with Crippen LogP contribution in [0.15, 0.2) is 24.3 Å². The number of benzene rings is 1. The Kier molecular flexibility index (Phi) is 7.53. The van der Waals surface area contributed by atoms with Gasteiger partial charge in [-0.2, -0.15) is 4.98 Å². The predicted molar refractivity (Wildman–Crippen MR) is 114 cm³/mol. The third kappa shape index (κ3) is 5.16. The van der Waals surface area contributed by atoms with E-state index in [0.29, 0.717) is 18.0 Å². The third-order valence-electron chi connectivity index (χ3n) is 5.76. The van der Waals surface area contributed by atoms with Crippen LogP contribution < -0.4 is 10.6 Å². The molecule has 4 N–H and O–H groups in total. The number of halogens is 1. The van der Waals surface area contributed by atoms with Gasteiger partial charge in [0.2, 0.25) is 11.9 Å². The molecular formula is C20H31ClN6O.